The Hall–Kier alpha value is -0.930. The molecular formula is C13H22N2O. The Balaban J connectivity index is 2.32. The third kappa shape index (κ3) is 5.24. The zero-order chi connectivity index (χ0) is 12.0. The first-order chi connectivity index (χ1) is 7.51. The molecule has 0 spiro atoms. The van der Waals surface area contributed by atoms with Crippen molar-refractivity contribution in [3.63, 3.8) is 0 Å². The van der Waals surface area contributed by atoms with Gasteiger partial charge in [-0.3, -0.25) is 4.98 Å². The number of nitrogens with zero attached hydrogens (tertiary/aromatic N) is 1. The molecule has 1 rings (SSSR count). The standard InChI is InChI=1S/C13H22N2O/c1-13(2,3)7-8-16-10-12-6-4-5-11(9-14)15-12/h4-6H,7-10,14H2,1-3H3. The second-order valence-corrected chi connectivity index (χ2v) is 5.19. The Kier molecular flexibility index (Phi) is 4.90. The van der Waals surface area contributed by atoms with Crippen LogP contribution >= 0.6 is 0 Å². The molecular weight excluding hydrogens is 200 g/mol. The van der Waals surface area contributed by atoms with Crippen molar-refractivity contribution in [2.75, 3.05) is 6.61 Å². The molecule has 0 atom stereocenters. The van der Waals surface area contributed by atoms with E-state index in [1.165, 1.54) is 0 Å². The van der Waals surface area contributed by atoms with E-state index in [2.05, 4.69) is 25.8 Å². The van der Waals surface area contributed by atoms with E-state index >= 15 is 0 Å². The van der Waals surface area contributed by atoms with Gasteiger partial charge in [-0.05, 0) is 24.0 Å². The highest BCUT2D eigenvalue weighted by molar-refractivity contribution is 5.10. The Labute approximate surface area is 98.0 Å². The summed E-state index contributed by atoms with van der Waals surface area (Å²) >= 11 is 0. The van der Waals surface area contributed by atoms with Crippen LogP contribution < -0.4 is 5.73 Å². The van der Waals surface area contributed by atoms with Crippen molar-refractivity contribution >= 4 is 0 Å². The maximum atomic E-state index is 5.59. The van der Waals surface area contributed by atoms with Crippen LogP contribution in [0.25, 0.3) is 0 Å². The van der Waals surface area contributed by atoms with Gasteiger partial charge in [-0.2, -0.15) is 0 Å². The molecule has 0 aliphatic heterocycles. The van der Waals surface area contributed by atoms with Crippen LogP contribution in [-0.2, 0) is 17.9 Å². The fraction of sp³-hybridized carbons (Fsp3) is 0.615. The summed E-state index contributed by atoms with van der Waals surface area (Å²) in [6, 6.07) is 5.87. The molecule has 0 saturated heterocycles. The van der Waals surface area contributed by atoms with Gasteiger partial charge in [0, 0.05) is 13.2 Å². The quantitative estimate of drug-likeness (QED) is 0.779. The van der Waals surface area contributed by atoms with Crippen LogP contribution in [0.3, 0.4) is 0 Å². The molecule has 0 unspecified atom stereocenters. The van der Waals surface area contributed by atoms with Crippen LogP contribution in [0.2, 0.25) is 0 Å². The zero-order valence-electron chi connectivity index (χ0n) is 10.5. The lowest BCUT2D eigenvalue weighted by atomic mass is 9.93. The van der Waals surface area contributed by atoms with Gasteiger partial charge in [-0.1, -0.05) is 26.8 Å². The van der Waals surface area contributed by atoms with E-state index < -0.39 is 0 Å². The lowest BCUT2D eigenvalue weighted by Crippen LogP contribution is -2.10. The highest BCUT2D eigenvalue weighted by Crippen LogP contribution is 2.18. The van der Waals surface area contributed by atoms with Crippen LogP contribution in [0.5, 0.6) is 0 Å². The largest absolute Gasteiger partial charge is 0.375 e. The van der Waals surface area contributed by atoms with E-state index in [0.29, 0.717) is 18.6 Å². The minimum atomic E-state index is 0.326. The first-order valence-electron chi connectivity index (χ1n) is 5.74. The van der Waals surface area contributed by atoms with Gasteiger partial charge >= 0.3 is 0 Å². The van der Waals surface area contributed by atoms with Crippen molar-refractivity contribution in [1.29, 1.82) is 0 Å². The molecule has 3 heteroatoms. The lowest BCUT2D eigenvalue weighted by Gasteiger charge is -2.17. The smallest absolute Gasteiger partial charge is 0.0887 e. The molecule has 0 aliphatic carbocycles. The van der Waals surface area contributed by atoms with Gasteiger partial charge in [0.25, 0.3) is 0 Å². The van der Waals surface area contributed by atoms with Crippen molar-refractivity contribution in [3.8, 4) is 0 Å². The van der Waals surface area contributed by atoms with Crippen LogP contribution in [0, 0.1) is 5.41 Å². The SMILES string of the molecule is CC(C)(C)CCOCc1cccc(CN)n1. The molecule has 0 bridgehead atoms. The summed E-state index contributed by atoms with van der Waals surface area (Å²) in [4.78, 5) is 4.38. The minimum absolute atomic E-state index is 0.326. The molecule has 2 N–H and O–H groups in total. The first kappa shape index (κ1) is 13.1. The summed E-state index contributed by atoms with van der Waals surface area (Å²) in [5.74, 6) is 0. The Bertz CT molecular complexity index is 318. The number of pyridine rings is 1. The number of nitrogens with two attached hydrogens (primary N) is 1. The van der Waals surface area contributed by atoms with E-state index in [4.69, 9.17) is 10.5 Å². The predicted octanol–water partition coefficient (Wildman–Crippen LogP) is 2.49. The topological polar surface area (TPSA) is 48.1 Å². The highest BCUT2D eigenvalue weighted by Gasteiger charge is 2.09. The summed E-state index contributed by atoms with van der Waals surface area (Å²) in [7, 11) is 0. The van der Waals surface area contributed by atoms with E-state index in [0.717, 1.165) is 24.4 Å². The number of hydrogen-bond donors (Lipinski definition) is 1. The normalized spacial score (nSPS) is 11.8. The molecule has 1 aromatic rings. The summed E-state index contributed by atoms with van der Waals surface area (Å²) in [6.45, 7) is 8.47. The van der Waals surface area contributed by atoms with Gasteiger partial charge in [-0.25, -0.2) is 0 Å². The second kappa shape index (κ2) is 5.97. The van der Waals surface area contributed by atoms with Crippen LogP contribution in [0.1, 0.15) is 38.6 Å². The molecule has 16 heavy (non-hydrogen) atoms. The van der Waals surface area contributed by atoms with Crippen LogP contribution in [0.4, 0.5) is 0 Å². The first-order valence-corrected chi connectivity index (χ1v) is 5.74. The Morgan fingerprint density at radius 1 is 1.25 bits per heavy atom. The molecule has 0 amide bonds. The predicted molar refractivity (Wildman–Crippen MR) is 65.9 cm³/mol. The van der Waals surface area contributed by atoms with E-state index in [1.807, 2.05) is 18.2 Å². The molecule has 0 saturated carbocycles. The lowest BCUT2D eigenvalue weighted by molar-refractivity contribution is 0.0940. The minimum Gasteiger partial charge on any atom is -0.375 e. The van der Waals surface area contributed by atoms with Crippen molar-refractivity contribution < 1.29 is 4.74 Å². The average Bonchev–Trinajstić information content (AvgIpc) is 2.23. The van der Waals surface area contributed by atoms with E-state index in [9.17, 15) is 0 Å². The average molecular weight is 222 g/mol. The van der Waals surface area contributed by atoms with Crippen LogP contribution in [0.15, 0.2) is 18.2 Å². The van der Waals surface area contributed by atoms with Gasteiger partial charge in [0.1, 0.15) is 0 Å². The van der Waals surface area contributed by atoms with Gasteiger partial charge in [0.2, 0.25) is 0 Å². The Morgan fingerprint density at radius 2 is 1.94 bits per heavy atom. The molecule has 90 valence electrons. The molecule has 0 aliphatic rings. The molecule has 0 fully saturated rings. The third-order valence-electron chi connectivity index (χ3n) is 2.32. The van der Waals surface area contributed by atoms with Crippen molar-refractivity contribution in [3.05, 3.63) is 29.6 Å². The zero-order valence-corrected chi connectivity index (χ0v) is 10.5. The summed E-state index contributed by atoms with van der Waals surface area (Å²) in [6.07, 6.45) is 1.06. The number of aromatic nitrogens is 1. The molecule has 0 radical (unpaired) electrons. The maximum absolute atomic E-state index is 5.59. The maximum Gasteiger partial charge on any atom is 0.0887 e. The molecule has 3 nitrogen and oxygen atoms in total. The molecule has 0 aromatic carbocycles. The summed E-state index contributed by atoms with van der Waals surface area (Å²) < 4.78 is 5.59. The van der Waals surface area contributed by atoms with Gasteiger partial charge < -0.3 is 10.5 Å². The fourth-order valence-corrected chi connectivity index (χ4v) is 1.28. The van der Waals surface area contributed by atoms with Gasteiger partial charge in [0.15, 0.2) is 0 Å². The van der Waals surface area contributed by atoms with Crippen molar-refractivity contribution in [1.82, 2.24) is 4.98 Å². The highest BCUT2D eigenvalue weighted by atomic mass is 16.5. The van der Waals surface area contributed by atoms with Crippen LogP contribution in [-0.4, -0.2) is 11.6 Å². The summed E-state index contributed by atoms with van der Waals surface area (Å²) in [5.41, 5.74) is 7.72. The summed E-state index contributed by atoms with van der Waals surface area (Å²) in [5, 5.41) is 0. The van der Waals surface area contributed by atoms with Gasteiger partial charge in [0.05, 0.1) is 18.0 Å². The molecule has 1 heterocycles. The molecule has 1 aromatic heterocycles. The van der Waals surface area contributed by atoms with Gasteiger partial charge in [-0.15, -0.1) is 0 Å². The fourth-order valence-electron chi connectivity index (χ4n) is 1.28. The number of rotatable bonds is 5. The van der Waals surface area contributed by atoms with E-state index in [1.54, 1.807) is 0 Å². The Morgan fingerprint density at radius 3 is 2.56 bits per heavy atom. The van der Waals surface area contributed by atoms with Crippen molar-refractivity contribution in [2.45, 2.75) is 40.3 Å². The second-order valence-electron chi connectivity index (χ2n) is 5.19. The number of ether oxygens (including phenoxy) is 1. The monoisotopic (exact) mass is 222 g/mol. The van der Waals surface area contributed by atoms with Crippen molar-refractivity contribution in [2.24, 2.45) is 11.1 Å². The number of hydrogen-bond acceptors (Lipinski definition) is 3. The van der Waals surface area contributed by atoms with E-state index in [-0.39, 0.29) is 0 Å². The third-order valence-corrected chi connectivity index (χ3v) is 2.32.